The van der Waals surface area contributed by atoms with Gasteiger partial charge in [0.25, 0.3) is 5.56 Å². The molecule has 1 aliphatic heterocycles. The fraction of sp³-hybridized carbons (Fsp3) is 0.346. The Morgan fingerprint density at radius 3 is 2.42 bits per heavy atom. The third kappa shape index (κ3) is 4.68. The molecular weight excluding hydrogens is 468 g/mol. The van der Waals surface area contributed by atoms with E-state index >= 15 is 8.78 Å². The molecule has 0 atom stereocenters. The molecular formula is C26H29F2N5O3. The van der Waals surface area contributed by atoms with Crippen molar-refractivity contribution >= 4 is 34.2 Å². The lowest BCUT2D eigenvalue weighted by molar-refractivity contribution is 0.359. The minimum atomic E-state index is -0.873. The lowest BCUT2D eigenvalue weighted by atomic mass is 9.99. The van der Waals surface area contributed by atoms with Crippen LogP contribution >= 0.6 is 0 Å². The highest BCUT2D eigenvalue weighted by Gasteiger charge is 2.26. The Bertz CT molecular complexity index is 1390. The Morgan fingerprint density at radius 1 is 1.14 bits per heavy atom. The van der Waals surface area contributed by atoms with Crippen molar-refractivity contribution in [3.63, 3.8) is 0 Å². The second-order valence-corrected chi connectivity index (χ2v) is 9.04. The molecule has 1 N–H and O–H groups in total. The number of fused-ring (bicyclic) bond motifs is 1. The van der Waals surface area contributed by atoms with Gasteiger partial charge < -0.3 is 19.7 Å². The van der Waals surface area contributed by atoms with Gasteiger partial charge in [-0.3, -0.25) is 14.4 Å². The van der Waals surface area contributed by atoms with Gasteiger partial charge in [-0.05, 0) is 45.5 Å². The largest absolute Gasteiger partial charge is 0.493 e. The molecule has 0 saturated heterocycles. The molecule has 2 aromatic carbocycles. The topological polar surface area (TPSA) is 81.0 Å². The average molecular weight is 498 g/mol. The van der Waals surface area contributed by atoms with Gasteiger partial charge in [0.05, 0.1) is 36.4 Å². The van der Waals surface area contributed by atoms with Crippen LogP contribution in [0.4, 0.5) is 20.2 Å². The number of aromatic nitrogens is 2. The van der Waals surface area contributed by atoms with Crippen molar-refractivity contribution in [2.45, 2.75) is 25.8 Å². The molecule has 190 valence electrons. The Kier molecular flexibility index (Phi) is 7.07. The van der Waals surface area contributed by atoms with E-state index in [-0.39, 0.29) is 34.8 Å². The molecule has 0 saturated carbocycles. The van der Waals surface area contributed by atoms with Crippen molar-refractivity contribution in [1.82, 2.24) is 14.9 Å². The van der Waals surface area contributed by atoms with E-state index in [1.807, 2.05) is 19.9 Å². The number of allylic oxidation sites excluding steroid dienone is 1. The molecule has 10 heteroatoms. The number of methoxy groups -OCH3 is 2. The minimum Gasteiger partial charge on any atom is -0.493 e. The Balaban J connectivity index is 1.88. The number of ether oxygens (including phenoxy) is 2. The third-order valence-electron chi connectivity index (χ3n) is 6.09. The van der Waals surface area contributed by atoms with E-state index in [4.69, 9.17) is 9.47 Å². The van der Waals surface area contributed by atoms with Crippen molar-refractivity contribution in [3.8, 4) is 11.5 Å². The summed E-state index contributed by atoms with van der Waals surface area (Å²) < 4.78 is 42.4. The van der Waals surface area contributed by atoms with Crippen LogP contribution < -0.4 is 25.2 Å². The highest BCUT2D eigenvalue weighted by Crippen LogP contribution is 2.40. The summed E-state index contributed by atoms with van der Waals surface area (Å²) in [6.07, 6.45) is 5.75. The van der Waals surface area contributed by atoms with Gasteiger partial charge in [-0.25, -0.2) is 13.8 Å². The smallest absolute Gasteiger partial charge is 0.265 e. The SMILES string of the molecule is CNCCN(c1ccc2ncn(C3=CCC(C)(C)N=C3)c(=O)c2c1)c1c(F)c(OC)cc(OC)c1F. The van der Waals surface area contributed by atoms with Crippen LogP contribution in [-0.4, -0.2) is 55.7 Å². The van der Waals surface area contributed by atoms with Crippen molar-refractivity contribution in [2.24, 2.45) is 4.99 Å². The van der Waals surface area contributed by atoms with E-state index in [1.165, 1.54) is 30.0 Å². The number of dihydropyridines is 1. The van der Waals surface area contributed by atoms with E-state index < -0.39 is 11.6 Å². The molecule has 8 nitrogen and oxygen atoms in total. The third-order valence-corrected chi connectivity index (χ3v) is 6.09. The molecule has 0 spiro atoms. The van der Waals surface area contributed by atoms with E-state index in [2.05, 4.69) is 15.3 Å². The first-order valence-corrected chi connectivity index (χ1v) is 11.5. The number of rotatable bonds is 8. The van der Waals surface area contributed by atoms with Crippen LogP contribution in [0.5, 0.6) is 11.5 Å². The summed E-state index contributed by atoms with van der Waals surface area (Å²) in [4.78, 5) is 23.8. The normalized spacial score (nSPS) is 14.6. The van der Waals surface area contributed by atoms with Gasteiger partial charge in [0.1, 0.15) is 12.0 Å². The zero-order valence-corrected chi connectivity index (χ0v) is 20.9. The lowest BCUT2D eigenvalue weighted by Crippen LogP contribution is -2.29. The number of nitrogens with one attached hydrogen (secondary N) is 1. The summed E-state index contributed by atoms with van der Waals surface area (Å²) >= 11 is 0. The lowest BCUT2D eigenvalue weighted by Gasteiger charge is -2.27. The number of nitrogens with zero attached hydrogens (tertiary/aromatic N) is 4. The van der Waals surface area contributed by atoms with E-state index in [1.54, 1.807) is 31.5 Å². The Labute approximate surface area is 207 Å². The molecule has 1 aromatic heterocycles. The standard InChI is InChI=1S/C26H29F2N5O3/c1-26(2)9-8-17(14-31-26)33-15-30-19-7-6-16(12-18(19)25(33)34)32(11-10-29-3)24-22(27)20(35-4)13-21(36-5)23(24)28/h6-8,12-15,29H,9-11H2,1-5H3. The summed E-state index contributed by atoms with van der Waals surface area (Å²) in [7, 11) is 4.33. The van der Waals surface area contributed by atoms with Crippen molar-refractivity contribution in [2.75, 3.05) is 39.3 Å². The first-order chi connectivity index (χ1) is 17.2. The molecule has 0 bridgehead atoms. The molecule has 0 aliphatic carbocycles. The highest BCUT2D eigenvalue weighted by atomic mass is 19.1. The second kappa shape index (κ2) is 10.1. The van der Waals surface area contributed by atoms with Gasteiger partial charge in [0.2, 0.25) is 0 Å². The maximum atomic E-state index is 15.4. The van der Waals surface area contributed by atoms with Crippen LogP contribution in [0.3, 0.4) is 0 Å². The fourth-order valence-electron chi connectivity index (χ4n) is 4.03. The number of aliphatic imine (C=N–C) groups is 1. The van der Waals surface area contributed by atoms with Crippen LogP contribution in [0.1, 0.15) is 20.3 Å². The van der Waals surface area contributed by atoms with Gasteiger partial charge in [-0.15, -0.1) is 0 Å². The van der Waals surface area contributed by atoms with Gasteiger partial charge >= 0.3 is 0 Å². The number of benzene rings is 2. The summed E-state index contributed by atoms with van der Waals surface area (Å²) in [5.74, 6) is -2.06. The van der Waals surface area contributed by atoms with Crippen LogP contribution in [0.2, 0.25) is 0 Å². The van der Waals surface area contributed by atoms with Crippen LogP contribution in [0.15, 0.2) is 46.5 Å². The van der Waals surface area contributed by atoms with Crippen LogP contribution in [0.25, 0.3) is 16.6 Å². The zero-order chi connectivity index (χ0) is 26.0. The zero-order valence-electron chi connectivity index (χ0n) is 20.9. The number of anilines is 2. The van der Waals surface area contributed by atoms with Crippen molar-refractivity contribution in [3.05, 3.63) is 58.7 Å². The predicted octanol–water partition coefficient (Wildman–Crippen LogP) is 4.14. The molecule has 0 radical (unpaired) electrons. The van der Waals surface area contributed by atoms with E-state index in [0.29, 0.717) is 35.3 Å². The van der Waals surface area contributed by atoms with Crippen LogP contribution in [-0.2, 0) is 0 Å². The van der Waals surface area contributed by atoms with Gasteiger partial charge in [-0.1, -0.05) is 6.08 Å². The Hall–Kier alpha value is -3.79. The maximum absolute atomic E-state index is 15.4. The van der Waals surface area contributed by atoms with Gasteiger partial charge in [-0.2, -0.15) is 0 Å². The fourth-order valence-corrected chi connectivity index (χ4v) is 4.03. The van der Waals surface area contributed by atoms with Crippen molar-refractivity contribution in [1.29, 1.82) is 0 Å². The molecule has 4 rings (SSSR count). The van der Waals surface area contributed by atoms with Crippen molar-refractivity contribution < 1.29 is 18.3 Å². The number of hydrogen-bond donors (Lipinski definition) is 1. The predicted molar refractivity (Wildman–Crippen MR) is 138 cm³/mol. The number of hydrogen-bond acceptors (Lipinski definition) is 7. The molecule has 0 amide bonds. The molecule has 36 heavy (non-hydrogen) atoms. The number of likely N-dealkylation sites (N-methyl/N-ethyl adjacent to an activating group) is 1. The highest BCUT2D eigenvalue weighted by molar-refractivity contribution is 6.03. The van der Waals surface area contributed by atoms with E-state index in [9.17, 15) is 4.79 Å². The average Bonchev–Trinajstić information content (AvgIpc) is 2.87. The summed E-state index contributed by atoms with van der Waals surface area (Å²) in [6, 6.07) is 6.08. The van der Waals surface area contributed by atoms with Gasteiger partial charge in [0, 0.05) is 31.1 Å². The Morgan fingerprint density at radius 2 is 1.83 bits per heavy atom. The first kappa shape index (κ1) is 25.3. The molecule has 0 unspecified atom stereocenters. The molecule has 2 heterocycles. The monoisotopic (exact) mass is 497 g/mol. The molecule has 3 aromatic rings. The summed E-state index contributed by atoms with van der Waals surface area (Å²) in [6.45, 7) is 4.63. The van der Waals surface area contributed by atoms with Gasteiger partial charge in [0.15, 0.2) is 23.1 Å². The quantitative estimate of drug-likeness (QED) is 0.504. The van der Waals surface area contributed by atoms with Crippen LogP contribution in [0, 0.1) is 11.6 Å². The summed E-state index contributed by atoms with van der Waals surface area (Å²) in [5, 5.41) is 3.30. The molecule has 0 fully saturated rings. The summed E-state index contributed by atoms with van der Waals surface area (Å²) in [5.41, 5.74) is 0.623. The first-order valence-electron chi connectivity index (χ1n) is 11.5. The molecule has 1 aliphatic rings. The number of halogens is 2. The minimum absolute atomic E-state index is 0.158. The van der Waals surface area contributed by atoms with E-state index in [0.717, 1.165) is 6.07 Å². The second-order valence-electron chi connectivity index (χ2n) is 9.04. The maximum Gasteiger partial charge on any atom is 0.265 e.